The third kappa shape index (κ3) is 5.13. The van der Waals surface area contributed by atoms with E-state index in [0.29, 0.717) is 11.3 Å². The number of hydrogen-bond acceptors (Lipinski definition) is 2. The van der Waals surface area contributed by atoms with Gasteiger partial charge in [-0.1, -0.05) is 32.9 Å². The van der Waals surface area contributed by atoms with Crippen molar-refractivity contribution in [1.29, 1.82) is 0 Å². The van der Waals surface area contributed by atoms with Gasteiger partial charge in [0.1, 0.15) is 0 Å². The molecular formula is C15H25NS. The molecule has 0 aliphatic carbocycles. The molecule has 0 fully saturated rings. The Balaban J connectivity index is 2.64. The van der Waals surface area contributed by atoms with E-state index in [-0.39, 0.29) is 0 Å². The molecular weight excluding hydrogens is 226 g/mol. The minimum absolute atomic E-state index is 0.451. The van der Waals surface area contributed by atoms with Crippen LogP contribution in [0.2, 0.25) is 0 Å². The van der Waals surface area contributed by atoms with Gasteiger partial charge in [-0.3, -0.25) is 0 Å². The van der Waals surface area contributed by atoms with Gasteiger partial charge in [0.25, 0.3) is 0 Å². The van der Waals surface area contributed by atoms with Gasteiger partial charge in [0.05, 0.1) is 0 Å². The SMILES string of the molecule is CCCNC(C)c1cccc(SC(C)CC)c1. The first-order valence-electron chi connectivity index (χ1n) is 6.67. The lowest BCUT2D eigenvalue weighted by atomic mass is 10.1. The zero-order valence-electron chi connectivity index (χ0n) is 11.5. The van der Waals surface area contributed by atoms with E-state index in [4.69, 9.17) is 0 Å². The molecule has 0 amide bonds. The van der Waals surface area contributed by atoms with E-state index in [0.717, 1.165) is 6.54 Å². The highest BCUT2D eigenvalue weighted by molar-refractivity contribution is 7.99. The van der Waals surface area contributed by atoms with Crippen molar-refractivity contribution in [2.75, 3.05) is 6.54 Å². The maximum absolute atomic E-state index is 3.53. The minimum atomic E-state index is 0.451. The first-order valence-corrected chi connectivity index (χ1v) is 7.55. The minimum Gasteiger partial charge on any atom is -0.310 e. The van der Waals surface area contributed by atoms with Gasteiger partial charge in [0, 0.05) is 16.2 Å². The highest BCUT2D eigenvalue weighted by atomic mass is 32.2. The molecule has 0 saturated carbocycles. The summed E-state index contributed by atoms with van der Waals surface area (Å²) in [4.78, 5) is 1.39. The highest BCUT2D eigenvalue weighted by Crippen LogP contribution is 2.27. The zero-order chi connectivity index (χ0) is 12.7. The molecule has 0 radical (unpaired) electrons. The van der Waals surface area contributed by atoms with Crippen molar-refractivity contribution in [1.82, 2.24) is 5.32 Å². The molecule has 2 atom stereocenters. The molecule has 1 nitrogen and oxygen atoms in total. The zero-order valence-corrected chi connectivity index (χ0v) is 12.3. The van der Waals surface area contributed by atoms with Gasteiger partial charge in [-0.05, 0) is 44.0 Å². The third-order valence-electron chi connectivity index (χ3n) is 2.97. The Bertz CT molecular complexity index is 324. The lowest BCUT2D eigenvalue weighted by Crippen LogP contribution is -2.19. The van der Waals surface area contributed by atoms with Crippen molar-refractivity contribution in [3.63, 3.8) is 0 Å². The standard InChI is InChI=1S/C15H25NS/c1-5-10-16-13(4)14-8-7-9-15(11-14)17-12(3)6-2/h7-9,11-13,16H,5-6,10H2,1-4H3. The molecule has 0 aromatic heterocycles. The van der Waals surface area contributed by atoms with E-state index < -0.39 is 0 Å². The van der Waals surface area contributed by atoms with E-state index in [1.807, 2.05) is 11.8 Å². The van der Waals surface area contributed by atoms with Crippen LogP contribution in [-0.4, -0.2) is 11.8 Å². The number of benzene rings is 1. The second-order valence-corrected chi connectivity index (χ2v) is 6.10. The van der Waals surface area contributed by atoms with E-state index in [1.54, 1.807) is 0 Å². The predicted octanol–water partition coefficient (Wildman–Crippen LogP) is 4.64. The lowest BCUT2D eigenvalue weighted by molar-refractivity contribution is 0.570. The first kappa shape index (κ1) is 14.6. The summed E-state index contributed by atoms with van der Waals surface area (Å²) in [5.41, 5.74) is 1.40. The van der Waals surface area contributed by atoms with Crippen LogP contribution < -0.4 is 5.32 Å². The molecule has 2 heteroatoms. The van der Waals surface area contributed by atoms with E-state index in [1.165, 1.54) is 23.3 Å². The van der Waals surface area contributed by atoms with Gasteiger partial charge < -0.3 is 5.32 Å². The Kier molecular flexibility index (Phi) is 6.68. The van der Waals surface area contributed by atoms with Crippen LogP contribution in [-0.2, 0) is 0 Å². The average Bonchev–Trinajstić information content (AvgIpc) is 2.36. The Morgan fingerprint density at radius 3 is 2.65 bits per heavy atom. The van der Waals surface area contributed by atoms with Crippen LogP contribution in [0.1, 0.15) is 52.1 Å². The van der Waals surface area contributed by atoms with Crippen LogP contribution in [0.15, 0.2) is 29.2 Å². The number of nitrogens with one attached hydrogen (secondary N) is 1. The summed E-state index contributed by atoms with van der Waals surface area (Å²) in [6.07, 6.45) is 2.41. The number of thioether (sulfide) groups is 1. The number of hydrogen-bond donors (Lipinski definition) is 1. The molecule has 0 saturated heterocycles. The fourth-order valence-electron chi connectivity index (χ4n) is 1.65. The summed E-state index contributed by atoms with van der Waals surface area (Å²) < 4.78 is 0. The van der Waals surface area contributed by atoms with Gasteiger partial charge in [0.2, 0.25) is 0 Å². The number of rotatable bonds is 7. The highest BCUT2D eigenvalue weighted by Gasteiger charge is 2.06. The third-order valence-corrected chi connectivity index (χ3v) is 4.23. The van der Waals surface area contributed by atoms with E-state index >= 15 is 0 Å². The largest absolute Gasteiger partial charge is 0.310 e. The Hall–Kier alpha value is -0.470. The Morgan fingerprint density at radius 2 is 2.00 bits per heavy atom. The Morgan fingerprint density at radius 1 is 1.24 bits per heavy atom. The maximum atomic E-state index is 3.53. The summed E-state index contributed by atoms with van der Waals surface area (Å²) in [6.45, 7) is 10.1. The van der Waals surface area contributed by atoms with Gasteiger partial charge in [0.15, 0.2) is 0 Å². The summed E-state index contributed by atoms with van der Waals surface area (Å²) in [5, 5.41) is 4.23. The molecule has 2 unspecified atom stereocenters. The summed E-state index contributed by atoms with van der Waals surface area (Å²) in [7, 11) is 0. The van der Waals surface area contributed by atoms with Crippen LogP contribution >= 0.6 is 11.8 Å². The quantitative estimate of drug-likeness (QED) is 0.709. The second kappa shape index (κ2) is 7.78. The van der Waals surface area contributed by atoms with Gasteiger partial charge in [-0.2, -0.15) is 0 Å². The van der Waals surface area contributed by atoms with Gasteiger partial charge >= 0.3 is 0 Å². The molecule has 1 N–H and O–H groups in total. The monoisotopic (exact) mass is 251 g/mol. The van der Waals surface area contributed by atoms with Crippen LogP contribution in [0.4, 0.5) is 0 Å². The molecule has 96 valence electrons. The normalized spacial score (nSPS) is 14.6. The second-order valence-electron chi connectivity index (χ2n) is 4.59. The molecule has 0 aliphatic rings. The summed E-state index contributed by atoms with van der Waals surface area (Å²) in [6, 6.07) is 9.38. The van der Waals surface area contributed by atoms with Gasteiger partial charge in [-0.25, -0.2) is 0 Å². The fraction of sp³-hybridized carbons (Fsp3) is 0.600. The van der Waals surface area contributed by atoms with Crippen molar-refractivity contribution >= 4 is 11.8 Å². The van der Waals surface area contributed by atoms with Crippen LogP contribution in [0, 0.1) is 0 Å². The van der Waals surface area contributed by atoms with Crippen molar-refractivity contribution in [2.24, 2.45) is 0 Å². The molecule has 1 aromatic rings. The van der Waals surface area contributed by atoms with Crippen LogP contribution in [0.5, 0.6) is 0 Å². The molecule has 17 heavy (non-hydrogen) atoms. The fourth-order valence-corrected chi connectivity index (χ4v) is 2.64. The first-order chi connectivity index (χ1) is 8.17. The smallest absolute Gasteiger partial charge is 0.0292 e. The van der Waals surface area contributed by atoms with Crippen LogP contribution in [0.25, 0.3) is 0 Å². The summed E-state index contributed by atoms with van der Waals surface area (Å²) in [5.74, 6) is 0. The van der Waals surface area contributed by atoms with E-state index in [9.17, 15) is 0 Å². The molecule has 1 aromatic carbocycles. The molecule has 0 bridgehead atoms. The van der Waals surface area contributed by atoms with Crippen molar-refractivity contribution in [3.8, 4) is 0 Å². The van der Waals surface area contributed by atoms with Crippen LogP contribution in [0.3, 0.4) is 0 Å². The van der Waals surface area contributed by atoms with Crippen molar-refractivity contribution < 1.29 is 0 Å². The molecule has 0 spiro atoms. The van der Waals surface area contributed by atoms with Crippen molar-refractivity contribution in [2.45, 2.75) is 56.7 Å². The molecule has 0 aliphatic heterocycles. The van der Waals surface area contributed by atoms with Gasteiger partial charge in [-0.15, -0.1) is 11.8 Å². The average molecular weight is 251 g/mol. The summed E-state index contributed by atoms with van der Waals surface area (Å²) >= 11 is 1.97. The molecule has 0 heterocycles. The maximum Gasteiger partial charge on any atom is 0.0292 e. The predicted molar refractivity (Wildman–Crippen MR) is 78.8 cm³/mol. The molecule has 1 rings (SSSR count). The van der Waals surface area contributed by atoms with E-state index in [2.05, 4.69) is 57.3 Å². The van der Waals surface area contributed by atoms with Crippen molar-refractivity contribution in [3.05, 3.63) is 29.8 Å². The lowest BCUT2D eigenvalue weighted by Gasteiger charge is -2.15. The Labute approximate surface area is 110 Å². The topological polar surface area (TPSA) is 12.0 Å².